The molecule has 6 N–H and O–H groups in total. The van der Waals surface area contributed by atoms with Crippen LogP contribution in [0.3, 0.4) is 0 Å². The number of likely N-dealkylation sites (tertiary alicyclic amines) is 1. The van der Waals surface area contributed by atoms with E-state index in [-0.39, 0.29) is 61.5 Å². The summed E-state index contributed by atoms with van der Waals surface area (Å²) in [6.07, 6.45) is 7.39. The number of aromatic nitrogens is 2. The molecule has 1 aliphatic heterocycles. The van der Waals surface area contributed by atoms with E-state index >= 15 is 0 Å². The summed E-state index contributed by atoms with van der Waals surface area (Å²) in [5.41, 5.74) is 5.76. The first-order valence-corrected chi connectivity index (χ1v) is 12.8. The first-order chi connectivity index (χ1) is 18.3. The molecule has 0 aromatic carbocycles. The van der Waals surface area contributed by atoms with Crippen LogP contribution < -0.4 is 21.7 Å². The van der Waals surface area contributed by atoms with E-state index in [9.17, 15) is 19.2 Å². The lowest BCUT2D eigenvalue weighted by molar-refractivity contribution is -0.139. The molecule has 4 amide bonds. The van der Waals surface area contributed by atoms with Gasteiger partial charge < -0.3 is 36.2 Å². The Bertz CT molecular complexity index is 989. The average molecular weight is 532 g/mol. The fourth-order valence-electron chi connectivity index (χ4n) is 4.39. The smallest absolute Gasteiger partial charge is 0.271 e. The van der Waals surface area contributed by atoms with Gasteiger partial charge in [-0.3, -0.25) is 29.6 Å². The Morgan fingerprint density at radius 2 is 2.00 bits per heavy atom. The van der Waals surface area contributed by atoms with Crippen LogP contribution in [0, 0.1) is 11.3 Å². The van der Waals surface area contributed by atoms with Crippen LogP contribution in [0.15, 0.2) is 18.6 Å². The maximum absolute atomic E-state index is 13.5. The third-order valence-electron chi connectivity index (χ3n) is 6.45. The van der Waals surface area contributed by atoms with E-state index in [1.807, 2.05) is 0 Å². The minimum atomic E-state index is -1.07. The number of methoxy groups -OCH3 is 1. The Hall–Kier alpha value is -3.81. The highest BCUT2D eigenvalue weighted by Crippen LogP contribution is 2.27. The summed E-state index contributed by atoms with van der Waals surface area (Å²) in [5.74, 6) is -1.52. The van der Waals surface area contributed by atoms with Crippen molar-refractivity contribution in [2.75, 3.05) is 46.4 Å². The minimum Gasteiger partial charge on any atom is -0.375 e. The van der Waals surface area contributed by atoms with Gasteiger partial charge in [-0.25, -0.2) is 4.98 Å². The van der Waals surface area contributed by atoms with Gasteiger partial charge in [-0.15, -0.1) is 0 Å². The molecule has 2 fully saturated rings. The Morgan fingerprint density at radius 1 is 1.21 bits per heavy atom. The Kier molecular flexibility index (Phi) is 10.8. The zero-order valence-electron chi connectivity index (χ0n) is 21.6. The maximum Gasteiger partial charge on any atom is 0.271 e. The number of hydrogen-bond acceptors (Lipinski definition) is 8. The van der Waals surface area contributed by atoms with Crippen LogP contribution in [-0.2, 0) is 19.1 Å². The lowest BCUT2D eigenvalue weighted by atomic mass is 9.98. The lowest BCUT2D eigenvalue weighted by Crippen LogP contribution is -2.53. The van der Waals surface area contributed by atoms with Gasteiger partial charge in [0.25, 0.3) is 5.91 Å². The Balaban J connectivity index is 1.57. The maximum atomic E-state index is 13.5. The number of rotatable bonds is 13. The van der Waals surface area contributed by atoms with Crippen LogP contribution in [0.4, 0.5) is 0 Å². The molecule has 0 unspecified atom stereocenters. The zero-order valence-corrected chi connectivity index (χ0v) is 21.6. The van der Waals surface area contributed by atoms with Crippen molar-refractivity contribution in [2.45, 2.75) is 44.2 Å². The molecule has 0 bridgehead atoms. The number of nitrogens with zero attached hydrogens (tertiary/aromatic N) is 4. The van der Waals surface area contributed by atoms with Gasteiger partial charge in [0.05, 0.1) is 12.6 Å². The molecule has 0 spiro atoms. The van der Waals surface area contributed by atoms with Gasteiger partial charge in [0.15, 0.2) is 5.96 Å². The van der Waals surface area contributed by atoms with Crippen LogP contribution >= 0.6 is 0 Å². The van der Waals surface area contributed by atoms with Gasteiger partial charge in [0.2, 0.25) is 17.7 Å². The summed E-state index contributed by atoms with van der Waals surface area (Å²) >= 11 is 0. The number of amides is 4. The van der Waals surface area contributed by atoms with Gasteiger partial charge >= 0.3 is 0 Å². The van der Waals surface area contributed by atoms with E-state index < -0.39 is 17.9 Å². The third-order valence-corrected chi connectivity index (χ3v) is 6.45. The van der Waals surface area contributed by atoms with Crippen molar-refractivity contribution in [2.24, 2.45) is 11.7 Å². The molecule has 2 aliphatic rings. The van der Waals surface area contributed by atoms with Crippen molar-refractivity contribution in [3.63, 3.8) is 0 Å². The van der Waals surface area contributed by atoms with E-state index in [0.29, 0.717) is 13.1 Å². The molecule has 0 radical (unpaired) electrons. The second-order valence-electron chi connectivity index (χ2n) is 9.51. The number of nitrogens with two attached hydrogens (primary N) is 1. The van der Waals surface area contributed by atoms with E-state index in [2.05, 4.69) is 25.9 Å². The SMILES string of the molecule is COCC(=O)N[C@@H](CC(=O)NC[C@@H]1CCCN(C(=N)N)C1)C(=O)N(CCNC(=O)c1cnccn1)C1CC1. The first kappa shape index (κ1) is 28.8. The predicted octanol–water partition coefficient (Wildman–Crippen LogP) is -1.56. The summed E-state index contributed by atoms with van der Waals surface area (Å²) in [4.78, 5) is 62.0. The molecule has 14 nitrogen and oxygen atoms in total. The first-order valence-electron chi connectivity index (χ1n) is 12.8. The number of carbonyl (C=O) groups is 4. The highest BCUT2D eigenvalue weighted by atomic mass is 16.5. The number of guanidine groups is 1. The van der Waals surface area contributed by atoms with E-state index in [4.69, 9.17) is 15.9 Å². The number of ether oxygens (including phenoxy) is 1. The van der Waals surface area contributed by atoms with Crippen molar-refractivity contribution in [1.82, 2.24) is 35.7 Å². The molecule has 2 heterocycles. The quantitative estimate of drug-likeness (QED) is 0.148. The minimum absolute atomic E-state index is 0.0133. The van der Waals surface area contributed by atoms with Crippen molar-refractivity contribution in [3.05, 3.63) is 24.3 Å². The summed E-state index contributed by atoms with van der Waals surface area (Å²) in [7, 11) is 1.37. The predicted molar refractivity (Wildman–Crippen MR) is 137 cm³/mol. The average Bonchev–Trinajstić information content (AvgIpc) is 3.75. The van der Waals surface area contributed by atoms with Crippen molar-refractivity contribution < 1.29 is 23.9 Å². The second-order valence-corrected chi connectivity index (χ2v) is 9.51. The topological polar surface area (TPSA) is 196 Å². The molecular weight excluding hydrogens is 494 g/mol. The molecule has 1 aliphatic carbocycles. The van der Waals surface area contributed by atoms with Gasteiger partial charge in [-0.05, 0) is 31.6 Å². The van der Waals surface area contributed by atoms with Crippen molar-refractivity contribution in [1.29, 1.82) is 5.41 Å². The summed E-state index contributed by atoms with van der Waals surface area (Å²) < 4.78 is 4.87. The number of carbonyl (C=O) groups excluding carboxylic acids is 4. The van der Waals surface area contributed by atoms with Gasteiger partial charge in [0.1, 0.15) is 18.3 Å². The normalized spacial score (nSPS) is 17.7. The molecule has 1 saturated heterocycles. The molecular formula is C24H37N9O5. The summed E-state index contributed by atoms with van der Waals surface area (Å²) in [6, 6.07) is -1.09. The fourth-order valence-corrected chi connectivity index (χ4v) is 4.39. The number of hydrogen-bond donors (Lipinski definition) is 5. The number of piperidine rings is 1. The van der Waals surface area contributed by atoms with Gasteiger partial charge in [-0.2, -0.15) is 0 Å². The molecule has 1 saturated carbocycles. The molecule has 1 aromatic heterocycles. The standard InChI is InChI=1S/C24H37N9O5/c1-38-15-21(35)31-18(11-20(34)30-12-16-3-2-9-32(14-16)24(25)26)23(37)33(17-4-5-17)10-8-29-22(36)19-13-27-6-7-28-19/h6-7,13,16-18H,2-5,8-12,14-15H2,1H3,(H3,25,26)(H,29,36)(H,30,34)(H,31,35)/t16-,18-/m0/s1. The van der Waals surface area contributed by atoms with Crippen LogP contribution in [0.1, 0.15) is 42.6 Å². The second kappa shape index (κ2) is 14.2. The molecule has 3 rings (SSSR count). The molecule has 1 aromatic rings. The molecule has 14 heteroatoms. The van der Waals surface area contributed by atoms with E-state index in [0.717, 1.165) is 32.2 Å². The summed E-state index contributed by atoms with van der Waals surface area (Å²) in [6.45, 7) is 1.84. The highest BCUT2D eigenvalue weighted by molar-refractivity contribution is 5.93. The van der Waals surface area contributed by atoms with Gasteiger partial charge in [0, 0.05) is 58.3 Å². The van der Waals surface area contributed by atoms with E-state index in [1.54, 1.807) is 9.80 Å². The van der Waals surface area contributed by atoms with Crippen molar-refractivity contribution >= 4 is 29.6 Å². The number of nitrogens with one attached hydrogen (secondary N) is 4. The van der Waals surface area contributed by atoms with Crippen LogP contribution in [-0.4, -0.2) is 108 Å². The van der Waals surface area contributed by atoms with Crippen LogP contribution in [0.2, 0.25) is 0 Å². The van der Waals surface area contributed by atoms with Crippen molar-refractivity contribution in [3.8, 4) is 0 Å². The molecule has 38 heavy (non-hydrogen) atoms. The van der Waals surface area contributed by atoms with Crippen LogP contribution in [0.5, 0.6) is 0 Å². The Labute approximate surface area is 221 Å². The van der Waals surface area contributed by atoms with Gasteiger partial charge in [-0.1, -0.05) is 0 Å². The van der Waals surface area contributed by atoms with Crippen LogP contribution in [0.25, 0.3) is 0 Å². The fraction of sp³-hybridized carbons (Fsp3) is 0.625. The highest BCUT2D eigenvalue weighted by Gasteiger charge is 2.37. The van der Waals surface area contributed by atoms with E-state index in [1.165, 1.54) is 25.7 Å². The lowest BCUT2D eigenvalue weighted by Gasteiger charge is -2.33. The molecule has 208 valence electrons. The molecule has 2 atom stereocenters. The Morgan fingerprint density at radius 3 is 2.66 bits per heavy atom. The largest absolute Gasteiger partial charge is 0.375 e. The monoisotopic (exact) mass is 531 g/mol. The third kappa shape index (κ3) is 8.94. The summed E-state index contributed by atoms with van der Waals surface area (Å²) in [5, 5.41) is 15.8. The zero-order chi connectivity index (χ0) is 27.5.